The maximum Gasteiger partial charge on any atom is 0.339 e. The Kier molecular flexibility index (Phi) is 22.2. The highest BCUT2D eigenvalue weighted by atomic mass is 16.7. The normalized spacial score (nSPS) is 16.1. The van der Waals surface area contributed by atoms with Gasteiger partial charge in [0.2, 0.25) is 5.91 Å². The first-order valence-corrected chi connectivity index (χ1v) is 20.0. The van der Waals surface area contributed by atoms with Crippen molar-refractivity contribution in [2.24, 2.45) is 5.92 Å². The van der Waals surface area contributed by atoms with Gasteiger partial charge in [-0.3, -0.25) is 14.4 Å². The molecule has 0 spiro atoms. The second-order valence-electron chi connectivity index (χ2n) is 15.1. The largest absolute Gasteiger partial charge is 0.481 e. The standard InChI is InChI=1S/C43H68N2O10/c1-8-10-12-16-19-26-42(53-31-32-54-42)27-20-17-14-13-15-18-21-36(43(49,28-30-50-6)40(48)55-41(3,4)5)38(46)44-37(39(47)45-51-7)33-34-22-24-35(25-23-34)52-29-11-9-2/h18,21-25,36-37,49H,8,10,12-17,19-20,26-33H2,1-7H3,(H,44,46)(H,45,47)/b21-18+/t36-,37+,43+/m1/s1. The molecule has 1 aliphatic heterocycles. The summed E-state index contributed by atoms with van der Waals surface area (Å²) in [5.41, 5.74) is -0.212. The van der Waals surface area contributed by atoms with Gasteiger partial charge in [-0.2, -0.15) is 0 Å². The first-order valence-electron chi connectivity index (χ1n) is 20.0. The van der Waals surface area contributed by atoms with Gasteiger partial charge >= 0.3 is 5.97 Å². The SMILES string of the molecule is CC#CCOc1ccc(C[C@H](NC(=O)[C@@H](/C=C/CCCCCCC2(CCCCCCC)OCCO2)[C@@](O)(CCOC)C(=O)OC(C)(C)C)C(=O)NOC)cc1. The fraction of sp³-hybridized carbons (Fsp3) is 0.698. The number of amides is 2. The van der Waals surface area contributed by atoms with Crippen LogP contribution >= 0.6 is 0 Å². The molecule has 12 nitrogen and oxygen atoms in total. The maximum absolute atomic E-state index is 14.2. The number of benzene rings is 1. The van der Waals surface area contributed by atoms with Crippen molar-refractivity contribution >= 4 is 17.8 Å². The summed E-state index contributed by atoms with van der Waals surface area (Å²) < 4.78 is 28.6. The highest BCUT2D eigenvalue weighted by molar-refractivity contribution is 5.94. The number of nitrogens with one attached hydrogen (secondary N) is 2. The van der Waals surface area contributed by atoms with E-state index in [-0.39, 0.29) is 26.1 Å². The predicted octanol–water partition coefficient (Wildman–Crippen LogP) is 6.52. The quantitative estimate of drug-likeness (QED) is 0.0297. The van der Waals surface area contributed by atoms with E-state index in [4.69, 9.17) is 28.5 Å². The van der Waals surface area contributed by atoms with Crippen LogP contribution in [0.4, 0.5) is 0 Å². The van der Waals surface area contributed by atoms with Crippen molar-refractivity contribution in [2.75, 3.05) is 40.6 Å². The zero-order valence-corrected chi connectivity index (χ0v) is 34.5. The third kappa shape index (κ3) is 17.9. The van der Waals surface area contributed by atoms with E-state index >= 15 is 0 Å². The van der Waals surface area contributed by atoms with Crippen LogP contribution in [-0.2, 0) is 44.6 Å². The molecule has 1 saturated heterocycles. The molecule has 0 saturated carbocycles. The monoisotopic (exact) mass is 772 g/mol. The lowest BCUT2D eigenvalue weighted by Crippen LogP contribution is -2.57. The summed E-state index contributed by atoms with van der Waals surface area (Å²) >= 11 is 0. The van der Waals surface area contributed by atoms with Crippen LogP contribution in [-0.4, -0.2) is 86.6 Å². The lowest BCUT2D eigenvalue weighted by Gasteiger charge is -2.35. The van der Waals surface area contributed by atoms with Crippen molar-refractivity contribution in [2.45, 2.75) is 148 Å². The number of carbonyl (C=O) groups is 3. The zero-order chi connectivity index (χ0) is 40.6. The van der Waals surface area contributed by atoms with E-state index in [2.05, 4.69) is 29.6 Å². The van der Waals surface area contributed by atoms with Crippen LogP contribution in [0.25, 0.3) is 0 Å². The maximum atomic E-state index is 14.2. The smallest absolute Gasteiger partial charge is 0.339 e. The molecule has 1 aromatic rings. The number of methoxy groups -OCH3 is 1. The Morgan fingerprint density at radius 1 is 0.945 bits per heavy atom. The molecule has 55 heavy (non-hydrogen) atoms. The highest BCUT2D eigenvalue weighted by Gasteiger charge is 2.49. The second-order valence-corrected chi connectivity index (χ2v) is 15.1. The van der Waals surface area contributed by atoms with Crippen LogP contribution in [0.1, 0.15) is 124 Å². The van der Waals surface area contributed by atoms with Crippen LogP contribution < -0.4 is 15.5 Å². The molecule has 1 aromatic carbocycles. The number of unbranched alkanes of at least 4 members (excludes halogenated alkanes) is 8. The van der Waals surface area contributed by atoms with Crippen LogP contribution in [0.5, 0.6) is 5.75 Å². The van der Waals surface area contributed by atoms with E-state index in [1.807, 2.05) is 0 Å². The van der Waals surface area contributed by atoms with Gasteiger partial charge in [0, 0.05) is 39.4 Å². The Balaban J connectivity index is 2.19. The fourth-order valence-corrected chi connectivity index (χ4v) is 6.41. The number of allylic oxidation sites excluding steroid dienone is 1. The minimum absolute atomic E-state index is 0.0210. The van der Waals surface area contributed by atoms with Crippen molar-refractivity contribution in [3.63, 3.8) is 0 Å². The van der Waals surface area contributed by atoms with Gasteiger partial charge in [-0.1, -0.05) is 75.7 Å². The lowest BCUT2D eigenvalue weighted by atomic mass is 9.82. The number of rotatable bonds is 27. The van der Waals surface area contributed by atoms with Gasteiger partial charge in [0.1, 0.15) is 24.0 Å². The molecular formula is C43H68N2O10. The molecule has 0 aromatic heterocycles. The van der Waals surface area contributed by atoms with Crippen molar-refractivity contribution < 1.29 is 48.0 Å². The summed E-state index contributed by atoms with van der Waals surface area (Å²) in [6.07, 6.45) is 15.4. The number of hydrogen-bond donors (Lipinski definition) is 3. The van der Waals surface area contributed by atoms with E-state index < -0.39 is 46.7 Å². The molecule has 0 aliphatic carbocycles. The number of carbonyl (C=O) groups excluding carboxylic acids is 3. The van der Waals surface area contributed by atoms with Crippen LogP contribution in [0.2, 0.25) is 0 Å². The van der Waals surface area contributed by atoms with Crippen molar-refractivity contribution in [1.29, 1.82) is 0 Å². The highest BCUT2D eigenvalue weighted by Crippen LogP contribution is 2.32. The van der Waals surface area contributed by atoms with Crippen LogP contribution in [0.3, 0.4) is 0 Å². The summed E-state index contributed by atoms with van der Waals surface area (Å²) in [7, 11) is 2.74. The topological polar surface area (TPSA) is 151 Å². The molecular weight excluding hydrogens is 704 g/mol. The Morgan fingerprint density at radius 3 is 2.16 bits per heavy atom. The fourth-order valence-electron chi connectivity index (χ4n) is 6.41. The average molecular weight is 773 g/mol. The average Bonchev–Trinajstić information content (AvgIpc) is 3.61. The van der Waals surface area contributed by atoms with E-state index in [1.165, 1.54) is 39.9 Å². The van der Waals surface area contributed by atoms with Gasteiger partial charge < -0.3 is 34.1 Å². The molecule has 0 radical (unpaired) electrons. The molecule has 1 aliphatic rings. The summed E-state index contributed by atoms with van der Waals surface area (Å²) in [6, 6.07) is 5.95. The second kappa shape index (κ2) is 25.6. The lowest BCUT2D eigenvalue weighted by molar-refractivity contribution is -0.185. The van der Waals surface area contributed by atoms with Crippen LogP contribution in [0, 0.1) is 17.8 Å². The minimum atomic E-state index is -2.29. The molecule has 310 valence electrons. The number of aliphatic hydroxyl groups is 1. The van der Waals surface area contributed by atoms with E-state index in [9.17, 15) is 19.5 Å². The Bertz CT molecular complexity index is 1360. The number of hydroxylamine groups is 1. The molecule has 0 unspecified atom stereocenters. The Morgan fingerprint density at radius 2 is 1.58 bits per heavy atom. The molecule has 2 rings (SSSR count). The third-order valence-electron chi connectivity index (χ3n) is 9.41. The molecule has 3 atom stereocenters. The number of ether oxygens (including phenoxy) is 5. The zero-order valence-electron chi connectivity index (χ0n) is 34.5. The molecule has 2 amide bonds. The molecule has 1 fully saturated rings. The Labute approximate surface area is 329 Å². The van der Waals surface area contributed by atoms with Gasteiger partial charge in [0.05, 0.1) is 26.2 Å². The van der Waals surface area contributed by atoms with Crippen molar-refractivity contribution in [3.05, 3.63) is 42.0 Å². The van der Waals surface area contributed by atoms with Gasteiger partial charge in [-0.15, -0.1) is 5.92 Å². The van der Waals surface area contributed by atoms with Crippen molar-refractivity contribution in [1.82, 2.24) is 10.8 Å². The van der Waals surface area contributed by atoms with Gasteiger partial charge in [0.15, 0.2) is 11.4 Å². The molecule has 3 N–H and O–H groups in total. The molecule has 1 heterocycles. The van der Waals surface area contributed by atoms with Crippen molar-refractivity contribution in [3.8, 4) is 17.6 Å². The Hall–Kier alpha value is -3.47. The van der Waals surface area contributed by atoms with E-state index in [0.717, 1.165) is 50.5 Å². The number of esters is 1. The predicted molar refractivity (Wildman–Crippen MR) is 212 cm³/mol. The first-order chi connectivity index (χ1) is 26.3. The number of hydrogen-bond acceptors (Lipinski definition) is 10. The summed E-state index contributed by atoms with van der Waals surface area (Å²) in [5.74, 6) is 2.06. The van der Waals surface area contributed by atoms with E-state index in [0.29, 0.717) is 25.4 Å². The van der Waals surface area contributed by atoms with Crippen LogP contribution in [0.15, 0.2) is 36.4 Å². The summed E-state index contributed by atoms with van der Waals surface area (Å²) in [5, 5.41) is 14.8. The molecule has 12 heteroatoms. The minimum Gasteiger partial charge on any atom is -0.481 e. The summed E-state index contributed by atoms with van der Waals surface area (Å²) in [4.78, 5) is 45.9. The van der Waals surface area contributed by atoms with Gasteiger partial charge in [0.25, 0.3) is 5.91 Å². The van der Waals surface area contributed by atoms with Gasteiger partial charge in [-0.05, 0) is 71.1 Å². The van der Waals surface area contributed by atoms with E-state index in [1.54, 1.807) is 64.1 Å². The molecule has 0 bridgehead atoms. The summed E-state index contributed by atoms with van der Waals surface area (Å²) in [6.45, 7) is 10.5. The third-order valence-corrected chi connectivity index (χ3v) is 9.41. The first kappa shape index (κ1) is 47.7. The van der Waals surface area contributed by atoms with Gasteiger partial charge in [-0.25, -0.2) is 10.3 Å².